The van der Waals surface area contributed by atoms with Crippen molar-refractivity contribution in [2.45, 2.75) is 65.5 Å². The Kier molecular flexibility index (Phi) is 7.97. The third-order valence-electron chi connectivity index (χ3n) is 2.93. The lowest BCUT2D eigenvalue weighted by atomic mass is 10.0. The lowest BCUT2D eigenvalue weighted by molar-refractivity contribution is 0.0851. The molecular formula is C12H27NOSi. The fourth-order valence-electron chi connectivity index (χ4n) is 1.29. The number of hydrogen-bond donors (Lipinski definition) is 0. The first kappa shape index (κ1) is 14.8. The van der Waals surface area contributed by atoms with Crippen molar-refractivity contribution in [1.29, 1.82) is 0 Å². The quantitative estimate of drug-likeness (QED) is 0.356. The normalized spacial score (nSPS) is 12.3. The van der Waals surface area contributed by atoms with Crippen molar-refractivity contribution in [3.63, 3.8) is 0 Å². The van der Waals surface area contributed by atoms with E-state index in [0.29, 0.717) is 0 Å². The van der Waals surface area contributed by atoms with Crippen LogP contribution in [0.4, 0.5) is 0 Å². The molecule has 0 heterocycles. The molecule has 0 rings (SSSR count). The molecule has 0 radical (unpaired) electrons. The fourth-order valence-corrected chi connectivity index (χ4v) is 2.76. The average Bonchev–Trinajstić information content (AvgIpc) is 2.22. The van der Waals surface area contributed by atoms with Crippen molar-refractivity contribution in [1.82, 2.24) is 0 Å². The molecule has 0 aliphatic rings. The van der Waals surface area contributed by atoms with Gasteiger partial charge in [-0.15, -0.1) is 0 Å². The minimum Gasteiger partial charge on any atom is -0.419 e. The molecule has 0 saturated carbocycles. The number of hydrogen-bond acceptors (Lipinski definition) is 2. The molecule has 2 nitrogen and oxygen atoms in total. The van der Waals surface area contributed by atoms with Crippen LogP contribution >= 0.6 is 0 Å². The van der Waals surface area contributed by atoms with Crippen LogP contribution in [0.25, 0.3) is 0 Å². The maximum absolute atomic E-state index is 6.03. The van der Waals surface area contributed by atoms with E-state index in [4.69, 9.17) is 4.43 Å². The van der Waals surface area contributed by atoms with Gasteiger partial charge in [-0.25, -0.2) is 0 Å². The second-order valence-corrected chi connectivity index (χ2v) is 5.95. The van der Waals surface area contributed by atoms with Gasteiger partial charge >= 0.3 is 0 Å². The van der Waals surface area contributed by atoms with Gasteiger partial charge in [-0.2, -0.15) is 0 Å². The van der Waals surface area contributed by atoms with Crippen molar-refractivity contribution in [3.8, 4) is 0 Å². The van der Waals surface area contributed by atoms with Gasteiger partial charge in [0.05, 0.1) is 5.60 Å². The molecular weight excluding hydrogens is 202 g/mol. The third kappa shape index (κ3) is 7.74. The minimum atomic E-state index is -0.329. The van der Waals surface area contributed by atoms with Gasteiger partial charge in [0.25, 0.3) is 0 Å². The summed E-state index contributed by atoms with van der Waals surface area (Å²) in [5.74, 6) is 0. The van der Waals surface area contributed by atoms with Crippen molar-refractivity contribution >= 4 is 15.5 Å². The summed E-state index contributed by atoms with van der Waals surface area (Å²) in [6, 6.07) is 1.26. The lowest BCUT2D eigenvalue weighted by Gasteiger charge is -2.27. The maximum Gasteiger partial charge on any atom is 0.162 e. The van der Waals surface area contributed by atoms with Gasteiger partial charge in [0, 0.05) is 12.3 Å². The van der Waals surface area contributed by atoms with Crippen LogP contribution in [0, 0.1) is 0 Å². The zero-order valence-corrected chi connectivity index (χ0v) is 12.5. The van der Waals surface area contributed by atoms with Gasteiger partial charge in [-0.1, -0.05) is 13.8 Å². The van der Waals surface area contributed by atoms with Crippen LogP contribution in [0.1, 0.15) is 53.9 Å². The molecule has 90 valence electrons. The molecule has 0 atom stereocenters. The van der Waals surface area contributed by atoms with E-state index < -0.39 is 0 Å². The predicted molar refractivity (Wildman–Crippen MR) is 71.7 cm³/mol. The minimum absolute atomic E-state index is 0.149. The number of aliphatic imine (C=N–C) groups is 1. The first-order chi connectivity index (χ1) is 7.04. The SMILES string of the molecule is CCC(C)(CC)O[SiH2]CCCN=C(C)C. The topological polar surface area (TPSA) is 21.6 Å². The van der Waals surface area contributed by atoms with E-state index in [1.807, 2.05) is 0 Å². The summed E-state index contributed by atoms with van der Waals surface area (Å²) in [7, 11) is -0.329. The summed E-state index contributed by atoms with van der Waals surface area (Å²) < 4.78 is 6.03. The second kappa shape index (κ2) is 8.05. The molecule has 0 amide bonds. The summed E-state index contributed by atoms with van der Waals surface area (Å²) >= 11 is 0. The predicted octanol–water partition coefficient (Wildman–Crippen LogP) is 2.95. The first-order valence-electron chi connectivity index (χ1n) is 6.15. The fraction of sp³-hybridized carbons (Fsp3) is 0.917. The van der Waals surface area contributed by atoms with Crippen LogP contribution in [-0.2, 0) is 4.43 Å². The molecule has 0 unspecified atom stereocenters. The van der Waals surface area contributed by atoms with Crippen LogP contribution in [0.3, 0.4) is 0 Å². The molecule has 0 aromatic heterocycles. The molecule has 0 aliphatic heterocycles. The van der Waals surface area contributed by atoms with E-state index in [1.165, 1.54) is 18.2 Å². The van der Waals surface area contributed by atoms with E-state index in [2.05, 4.69) is 39.6 Å². The monoisotopic (exact) mass is 229 g/mol. The van der Waals surface area contributed by atoms with Crippen molar-refractivity contribution in [2.75, 3.05) is 6.54 Å². The van der Waals surface area contributed by atoms with Gasteiger partial charge in [-0.05, 0) is 46.1 Å². The van der Waals surface area contributed by atoms with Crippen LogP contribution in [0.2, 0.25) is 6.04 Å². The second-order valence-electron chi connectivity index (χ2n) is 4.54. The molecule has 0 aromatic carbocycles. The third-order valence-corrected chi connectivity index (χ3v) is 4.62. The molecule has 0 spiro atoms. The van der Waals surface area contributed by atoms with Gasteiger partial charge in [0.2, 0.25) is 0 Å². The van der Waals surface area contributed by atoms with Gasteiger partial charge < -0.3 is 4.43 Å². The highest BCUT2D eigenvalue weighted by atomic mass is 28.2. The molecule has 0 saturated heterocycles. The number of rotatable bonds is 8. The highest BCUT2D eigenvalue weighted by Crippen LogP contribution is 2.18. The maximum atomic E-state index is 6.03. The van der Waals surface area contributed by atoms with Gasteiger partial charge in [0.15, 0.2) is 9.76 Å². The summed E-state index contributed by atoms with van der Waals surface area (Å²) in [6.45, 7) is 11.7. The highest BCUT2D eigenvalue weighted by molar-refractivity contribution is 6.27. The lowest BCUT2D eigenvalue weighted by Crippen LogP contribution is -2.28. The van der Waals surface area contributed by atoms with E-state index in [-0.39, 0.29) is 15.4 Å². The van der Waals surface area contributed by atoms with E-state index in [9.17, 15) is 0 Å². The molecule has 15 heavy (non-hydrogen) atoms. The Morgan fingerprint density at radius 2 is 1.87 bits per heavy atom. The highest BCUT2D eigenvalue weighted by Gasteiger charge is 2.18. The largest absolute Gasteiger partial charge is 0.419 e. The smallest absolute Gasteiger partial charge is 0.162 e. The summed E-state index contributed by atoms with van der Waals surface area (Å²) in [4.78, 5) is 4.38. The van der Waals surface area contributed by atoms with Crippen LogP contribution in [0.5, 0.6) is 0 Å². The molecule has 0 aliphatic carbocycles. The Morgan fingerprint density at radius 1 is 1.27 bits per heavy atom. The zero-order valence-electron chi connectivity index (χ0n) is 11.1. The van der Waals surface area contributed by atoms with Gasteiger partial charge in [0.1, 0.15) is 0 Å². The molecule has 0 fully saturated rings. The molecule has 0 aromatic rings. The number of nitrogens with zero attached hydrogens (tertiary/aromatic N) is 1. The van der Waals surface area contributed by atoms with Crippen LogP contribution < -0.4 is 0 Å². The summed E-state index contributed by atoms with van der Waals surface area (Å²) in [5, 5.41) is 0. The Morgan fingerprint density at radius 3 is 2.33 bits per heavy atom. The molecule has 3 heteroatoms. The zero-order chi connectivity index (χ0) is 11.7. The van der Waals surface area contributed by atoms with E-state index >= 15 is 0 Å². The Hall–Kier alpha value is -0.153. The molecule has 0 bridgehead atoms. The average molecular weight is 229 g/mol. The Labute approximate surface area is 97.5 Å². The van der Waals surface area contributed by atoms with Crippen molar-refractivity contribution < 1.29 is 4.43 Å². The van der Waals surface area contributed by atoms with Crippen LogP contribution in [0.15, 0.2) is 4.99 Å². The Bertz CT molecular complexity index is 184. The summed E-state index contributed by atoms with van der Waals surface area (Å²) in [6.07, 6.45) is 3.45. The summed E-state index contributed by atoms with van der Waals surface area (Å²) in [5.41, 5.74) is 1.33. The van der Waals surface area contributed by atoms with Gasteiger partial charge in [-0.3, -0.25) is 4.99 Å². The van der Waals surface area contributed by atoms with Crippen molar-refractivity contribution in [2.24, 2.45) is 4.99 Å². The van der Waals surface area contributed by atoms with Crippen LogP contribution in [-0.4, -0.2) is 27.6 Å². The van der Waals surface area contributed by atoms with E-state index in [1.54, 1.807) is 0 Å². The Balaban J connectivity index is 3.49. The van der Waals surface area contributed by atoms with Crippen molar-refractivity contribution in [3.05, 3.63) is 0 Å². The first-order valence-corrected chi connectivity index (χ1v) is 7.73. The molecule has 0 N–H and O–H groups in total. The standard InChI is InChI=1S/C12H27NOSi/c1-6-12(5,7-2)14-15-10-8-9-13-11(3)4/h6-10,15H2,1-5H3. The van der Waals surface area contributed by atoms with E-state index in [0.717, 1.165) is 19.4 Å².